The molecule has 24 heavy (non-hydrogen) atoms. The molecule has 2 aromatic rings. The molecule has 0 spiro atoms. The molecule has 0 radical (unpaired) electrons. The van der Waals surface area contributed by atoms with E-state index in [9.17, 15) is 4.79 Å². The lowest BCUT2D eigenvalue weighted by atomic mass is 10.1. The normalized spacial score (nSPS) is 10.6. The van der Waals surface area contributed by atoms with Crippen LogP contribution in [-0.2, 0) is 11.3 Å². The van der Waals surface area contributed by atoms with E-state index in [-0.39, 0.29) is 12.5 Å². The third-order valence-electron chi connectivity index (χ3n) is 3.52. The Morgan fingerprint density at radius 2 is 1.88 bits per heavy atom. The van der Waals surface area contributed by atoms with Gasteiger partial charge >= 0.3 is 0 Å². The molecule has 0 aromatic heterocycles. The van der Waals surface area contributed by atoms with Crippen molar-refractivity contribution in [3.8, 4) is 11.5 Å². The Morgan fingerprint density at radius 1 is 1.12 bits per heavy atom. The van der Waals surface area contributed by atoms with Gasteiger partial charge in [-0.2, -0.15) is 0 Å². The quantitative estimate of drug-likeness (QED) is 0.844. The predicted octanol–water partition coefficient (Wildman–Crippen LogP) is 3.73. The molecule has 0 saturated heterocycles. The van der Waals surface area contributed by atoms with Gasteiger partial charge in [0.25, 0.3) is 5.91 Å². The van der Waals surface area contributed by atoms with Crippen LogP contribution in [-0.4, -0.2) is 19.6 Å². The number of hydrogen-bond donors (Lipinski definition) is 1. The average Bonchev–Trinajstić information content (AvgIpc) is 2.60. The van der Waals surface area contributed by atoms with E-state index in [1.807, 2.05) is 62.4 Å². The first kappa shape index (κ1) is 17.6. The minimum absolute atomic E-state index is 0.0504. The van der Waals surface area contributed by atoms with Crippen LogP contribution in [0.25, 0.3) is 6.08 Å². The Labute approximate surface area is 143 Å². The van der Waals surface area contributed by atoms with Crippen molar-refractivity contribution in [1.82, 2.24) is 5.32 Å². The standard InChI is InChI=1S/C20H23NO3/c1-4-5-16-10-11-18(19(12-16)23-3)24-14-20(22)21-13-17-8-6-15(2)7-9-17/h4-12H,13-14H2,1-3H3,(H,21,22)/b5-4+. The molecule has 1 amide bonds. The smallest absolute Gasteiger partial charge is 0.258 e. The number of nitrogens with one attached hydrogen (secondary N) is 1. The van der Waals surface area contributed by atoms with Gasteiger partial charge in [-0.05, 0) is 37.1 Å². The summed E-state index contributed by atoms with van der Waals surface area (Å²) in [6.45, 7) is 4.42. The fourth-order valence-corrected chi connectivity index (χ4v) is 2.20. The molecule has 2 rings (SSSR count). The van der Waals surface area contributed by atoms with Gasteiger partial charge in [0.15, 0.2) is 18.1 Å². The molecule has 126 valence electrons. The van der Waals surface area contributed by atoms with Gasteiger partial charge in [-0.3, -0.25) is 4.79 Å². The van der Waals surface area contributed by atoms with Crippen molar-refractivity contribution in [2.45, 2.75) is 20.4 Å². The molecule has 0 atom stereocenters. The van der Waals surface area contributed by atoms with E-state index in [4.69, 9.17) is 9.47 Å². The van der Waals surface area contributed by atoms with Gasteiger partial charge in [0.2, 0.25) is 0 Å². The van der Waals surface area contributed by atoms with Crippen LogP contribution in [0.15, 0.2) is 48.5 Å². The Balaban J connectivity index is 1.88. The predicted molar refractivity (Wildman–Crippen MR) is 96.2 cm³/mol. The molecule has 0 heterocycles. The van der Waals surface area contributed by atoms with Gasteiger partial charge in [0, 0.05) is 6.54 Å². The first-order valence-corrected chi connectivity index (χ1v) is 7.88. The van der Waals surface area contributed by atoms with Crippen LogP contribution in [0.1, 0.15) is 23.6 Å². The Kier molecular flexibility index (Phi) is 6.43. The molecular formula is C20H23NO3. The summed E-state index contributed by atoms with van der Waals surface area (Å²) in [7, 11) is 1.58. The average molecular weight is 325 g/mol. The zero-order chi connectivity index (χ0) is 17.4. The molecule has 0 aliphatic heterocycles. The molecule has 4 nitrogen and oxygen atoms in total. The highest BCUT2D eigenvalue weighted by molar-refractivity contribution is 5.77. The summed E-state index contributed by atoms with van der Waals surface area (Å²) >= 11 is 0. The number of carbonyl (C=O) groups is 1. The van der Waals surface area contributed by atoms with Gasteiger partial charge in [-0.1, -0.05) is 48.0 Å². The van der Waals surface area contributed by atoms with Gasteiger partial charge < -0.3 is 14.8 Å². The summed E-state index contributed by atoms with van der Waals surface area (Å²) in [5.41, 5.74) is 3.27. The fraction of sp³-hybridized carbons (Fsp3) is 0.250. The monoisotopic (exact) mass is 325 g/mol. The largest absolute Gasteiger partial charge is 0.493 e. The number of benzene rings is 2. The minimum atomic E-state index is -0.171. The number of hydrogen-bond acceptors (Lipinski definition) is 3. The first-order valence-electron chi connectivity index (χ1n) is 7.88. The maximum atomic E-state index is 11.9. The van der Waals surface area contributed by atoms with Gasteiger partial charge in [0.05, 0.1) is 7.11 Å². The number of ether oxygens (including phenoxy) is 2. The SMILES string of the molecule is C/C=C/c1ccc(OCC(=O)NCc2ccc(C)cc2)c(OC)c1. The molecule has 0 bridgehead atoms. The van der Waals surface area contributed by atoms with E-state index in [0.717, 1.165) is 11.1 Å². The summed E-state index contributed by atoms with van der Waals surface area (Å²) in [5, 5.41) is 2.84. The number of rotatable bonds is 7. The molecular weight excluding hydrogens is 302 g/mol. The molecule has 1 N–H and O–H groups in total. The summed E-state index contributed by atoms with van der Waals surface area (Å²) in [5.74, 6) is 0.989. The van der Waals surface area contributed by atoms with Crippen LogP contribution < -0.4 is 14.8 Å². The van der Waals surface area contributed by atoms with Crippen molar-refractivity contribution in [3.05, 3.63) is 65.2 Å². The zero-order valence-corrected chi connectivity index (χ0v) is 14.3. The van der Waals surface area contributed by atoms with E-state index < -0.39 is 0 Å². The summed E-state index contributed by atoms with van der Waals surface area (Å²) in [6, 6.07) is 13.6. The third-order valence-corrected chi connectivity index (χ3v) is 3.52. The van der Waals surface area contributed by atoms with Crippen molar-refractivity contribution < 1.29 is 14.3 Å². The van der Waals surface area contributed by atoms with Crippen LogP contribution in [0.3, 0.4) is 0 Å². The minimum Gasteiger partial charge on any atom is -0.493 e. The molecule has 0 unspecified atom stereocenters. The van der Waals surface area contributed by atoms with Crippen molar-refractivity contribution >= 4 is 12.0 Å². The van der Waals surface area contributed by atoms with E-state index in [1.54, 1.807) is 13.2 Å². The van der Waals surface area contributed by atoms with Crippen LogP contribution in [0.2, 0.25) is 0 Å². The highest BCUT2D eigenvalue weighted by Gasteiger charge is 2.08. The van der Waals surface area contributed by atoms with E-state index in [0.29, 0.717) is 18.0 Å². The summed E-state index contributed by atoms with van der Waals surface area (Å²) < 4.78 is 10.9. The van der Waals surface area contributed by atoms with Gasteiger partial charge in [-0.25, -0.2) is 0 Å². The number of allylic oxidation sites excluding steroid dienone is 1. The molecule has 2 aromatic carbocycles. The molecule has 0 aliphatic carbocycles. The van der Waals surface area contributed by atoms with Gasteiger partial charge in [-0.15, -0.1) is 0 Å². The molecule has 4 heteroatoms. The Hall–Kier alpha value is -2.75. The van der Waals surface area contributed by atoms with Crippen molar-refractivity contribution in [3.63, 3.8) is 0 Å². The number of methoxy groups -OCH3 is 1. The van der Waals surface area contributed by atoms with Crippen LogP contribution in [0.4, 0.5) is 0 Å². The van der Waals surface area contributed by atoms with Crippen molar-refractivity contribution in [2.75, 3.05) is 13.7 Å². The number of aryl methyl sites for hydroxylation is 1. The number of amides is 1. The fourth-order valence-electron chi connectivity index (χ4n) is 2.20. The second kappa shape index (κ2) is 8.77. The maximum Gasteiger partial charge on any atom is 0.258 e. The van der Waals surface area contributed by atoms with E-state index in [1.165, 1.54) is 5.56 Å². The van der Waals surface area contributed by atoms with Crippen LogP contribution in [0.5, 0.6) is 11.5 Å². The topological polar surface area (TPSA) is 47.6 Å². The molecule has 0 fully saturated rings. The van der Waals surface area contributed by atoms with E-state index >= 15 is 0 Å². The van der Waals surface area contributed by atoms with Gasteiger partial charge in [0.1, 0.15) is 0 Å². The van der Waals surface area contributed by atoms with E-state index in [2.05, 4.69) is 5.32 Å². The second-order valence-electron chi connectivity index (χ2n) is 5.46. The summed E-state index contributed by atoms with van der Waals surface area (Å²) in [4.78, 5) is 11.9. The van der Waals surface area contributed by atoms with Crippen LogP contribution in [0, 0.1) is 6.92 Å². The second-order valence-corrected chi connectivity index (χ2v) is 5.46. The Morgan fingerprint density at radius 3 is 2.54 bits per heavy atom. The number of carbonyl (C=O) groups excluding carboxylic acids is 1. The molecule has 0 saturated carbocycles. The van der Waals surface area contributed by atoms with Crippen molar-refractivity contribution in [2.24, 2.45) is 0 Å². The zero-order valence-electron chi connectivity index (χ0n) is 14.3. The molecule has 0 aliphatic rings. The van der Waals surface area contributed by atoms with Crippen LogP contribution >= 0.6 is 0 Å². The highest BCUT2D eigenvalue weighted by Crippen LogP contribution is 2.28. The lowest BCUT2D eigenvalue weighted by Crippen LogP contribution is -2.28. The highest BCUT2D eigenvalue weighted by atomic mass is 16.5. The first-order chi connectivity index (χ1) is 11.6. The maximum absolute atomic E-state index is 11.9. The summed E-state index contributed by atoms with van der Waals surface area (Å²) in [6.07, 6.45) is 3.93. The van der Waals surface area contributed by atoms with Crippen molar-refractivity contribution in [1.29, 1.82) is 0 Å². The Bertz CT molecular complexity index is 705. The lowest BCUT2D eigenvalue weighted by Gasteiger charge is -2.11. The lowest BCUT2D eigenvalue weighted by molar-refractivity contribution is -0.123. The third kappa shape index (κ3) is 5.16.